The second kappa shape index (κ2) is 7.08. The highest BCUT2D eigenvalue weighted by Gasteiger charge is 2.63. The molecule has 6 nitrogen and oxygen atoms in total. The topological polar surface area (TPSA) is 107 Å². The van der Waals surface area contributed by atoms with Crippen molar-refractivity contribution >= 4 is 5.97 Å². The standard InChI is InChI=1S/C20H30O6/c1-12-17(24)18(25)20(11-22)14(9-21)4-3-5-15(20)19(12,2)7-6-13-8-16(23)26-10-13/h4,8,12,15,17-18,21-22,24-25H,3,5-7,9-11H2,1-2H3/t12-,15-,17-,18+,19+,20+/m1/s1. The van der Waals surface area contributed by atoms with E-state index in [-0.39, 0.29) is 36.4 Å². The fourth-order valence-corrected chi connectivity index (χ4v) is 5.60. The van der Waals surface area contributed by atoms with Crippen LogP contribution in [0, 0.1) is 22.7 Å². The lowest BCUT2D eigenvalue weighted by Crippen LogP contribution is -2.66. The third-order valence-corrected chi connectivity index (χ3v) is 7.40. The number of ether oxygens (including phenoxy) is 1. The van der Waals surface area contributed by atoms with Gasteiger partial charge in [0.05, 0.1) is 25.4 Å². The van der Waals surface area contributed by atoms with Crippen LogP contribution >= 0.6 is 0 Å². The van der Waals surface area contributed by atoms with Crippen LogP contribution < -0.4 is 0 Å². The van der Waals surface area contributed by atoms with Crippen molar-refractivity contribution in [1.29, 1.82) is 0 Å². The Morgan fingerprint density at radius 3 is 2.62 bits per heavy atom. The molecule has 1 fully saturated rings. The fraction of sp³-hybridized carbons (Fsp3) is 0.750. The van der Waals surface area contributed by atoms with Gasteiger partial charge >= 0.3 is 5.97 Å². The molecule has 1 saturated carbocycles. The molecule has 1 aliphatic heterocycles. The van der Waals surface area contributed by atoms with Gasteiger partial charge < -0.3 is 25.2 Å². The molecule has 3 aliphatic rings. The van der Waals surface area contributed by atoms with Crippen LogP contribution in [0.2, 0.25) is 0 Å². The SMILES string of the molecule is C[C@@H]1[C@@H](O)[C@H](O)[C@@]2(CO)C(CO)=CCC[C@@H]2[C@@]1(C)CCC1=CC(=O)OC1. The minimum atomic E-state index is -1.12. The Morgan fingerprint density at radius 1 is 1.31 bits per heavy atom. The van der Waals surface area contributed by atoms with Crippen molar-refractivity contribution in [2.45, 2.75) is 51.7 Å². The number of aliphatic hydroxyl groups excluding tert-OH is 4. The van der Waals surface area contributed by atoms with E-state index in [1.54, 1.807) is 0 Å². The first-order valence-corrected chi connectivity index (χ1v) is 9.44. The molecule has 146 valence electrons. The first-order valence-electron chi connectivity index (χ1n) is 9.44. The zero-order chi connectivity index (χ0) is 19.1. The van der Waals surface area contributed by atoms with Crippen molar-refractivity contribution in [2.24, 2.45) is 22.7 Å². The van der Waals surface area contributed by atoms with E-state index in [0.29, 0.717) is 25.0 Å². The normalized spacial score (nSPS) is 42.8. The molecule has 4 N–H and O–H groups in total. The summed E-state index contributed by atoms with van der Waals surface area (Å²) in [4.78, 5) is 11.3. The first-order chi connectivity index (χ1) is 12.3. The van der Waals surface area contributed by atoms with Crippen LogP contribution in [0.1, 0.15) is 39.5 Å². The third-order valence-electron chi connectivity index (χ3n) is 7.40. The summed E-state index contributed by atoms with van der Waals surface area (Å²) in [6.07, 6.45) is 4.26. The lowest BCUT2D eigenvalue weighted by atomic mass is 9.44. The Kier molecular flexibility index (Phi) is 5.32. The molecule has 0 spiro atoms. The van der Waals surface area contributed by atoms with Crippen LogP contribution in [0.5, 0.6) is 0 Å². The van der Waals surface area contributed by atoms with Gasteiger partial charge in [0.1, 0.15) is 6.61 Å². The number of hydrogen-bond acceptors (Lipinski definition) is 6. The number of rotatable bonds is 5. The molecule has 0 amide bonds. The number of fused-ring (bicyclic) bond motifs is 1. The number of carbonyl (C=O) groups excluding carboxylic acids is 1. The van der Waals surface area contributed by atoms with E-state index in [1.165, 1.54) is 6.08 Å². The molecule has 0 aromatic rings. The Labute approximate surface area is 154 Å². The largest absolute Gasteiger partial charge is 0.458 e. The second-order valence-corrected chi connectivity index (χ2v) is 8.36. The van der Waals surface area contributed by atoms with Gasteiger partial charge in [0, 0.05) is 11.5 Å². The average molecular weight is 366 g/mol. The minimum absolute atomic E-state index is 0.0702. The predicted octanol–water partition coefficient (Wildman–Crippen LogP) is 0.935. The highest BCUT2D eigenvalue weighted by atomic mass is 16.5. The summed E-state index contributed by atoms with van der Waals surface area (Å²) < 4.78 is 4.98. The molecular weight excluding hydrogens is 336 g/mol. The molecule has 0 unspecified atom stereocenters. The second-order valence-electron chi connectivity index (χ2n) is 8.36. The summed E-state index contributed by atoms with van der Waals surface area (Å²) in [5, 5.41) is 41.9. The number of allylic oxidation sites excluding steroid dienone is 1. The Hall–Kier alpha value is -1.21. The van der Waals surface area contributed by atoms with Gasteiger partial charge in [-0.05, 0) is 54.1 Å². The van der Waals surface area contributed by atoms with Gasteiger partial charge in [-0.25, -0.2) is 4.79 Å². The number of aliphatic hydroxyl groups is 4. The van der Waals surface area contributed by atoms with Crippen LogP contribution in [-0.4, -0.2) is 58.4 Å². The smallest absolute Gasteiger partial charge is 0.331 e. The van der Waals surface area contributed by atoms with Crippen LogP contribution in [-0.2, 0) is 9.53 Å². The molecule has 0 aromatic carbocycles. The predicted molar refractivity (Wildman–Crippen MR) is 95.0 cm³/mol. The molecule has 3 rings (SSSR count). The summed E-state index contributed by atoms with van der Waals surface area (Å²) in [5.74, 6) is -0.566. The number of esters is 1. The molecule has 26 heavy (non-hydrogen) atoms. The van der Waals surface area contributed by atoms with Crippen molar-refractivity contribution in [1.82, 2.24) is 0 Å². The monoisotopic (exact) mass is 366 g/mol. The van der Waals surface area contributed by atoms with Gasteiger partial charge in [-0.1, -0.05) is 19.9 Å². The molecule has 2 aliphatic carbocycles. The highest BCUT2D eigenvalue weighted by Crippen LogP contribution is 2.62. The summed E-state index contributed by atoms with van der Waals surface area (Å²) >= 11 is 0. The summed E-state index contributed by atoms with van der Waals surface area (Å²) in [6, 6.07) is 0. The van der Waals surface area contributed by atoms with Crippen molar-refractivity contribution in [3.63, 3.8) is 0 Å². The Bertz CT molecular complexity index is 626. The molecule has 0 saturated heterocycles. The van der Waals surface area contributed by atoms with Gasteiger partial charge in [0.25, 0.3) is 0 Å². The maximum atomic E-state index is 11.3. The number of carbonyl (C=O) groups is 1. The van der Waals surface area contributed by atoms with E-state index in [1.807, 2.05) is 13.0 Å². The fourth-order valence-electron chi connectivity index (χ4n) is 5.60. The van der Waals surface area contributed by atoms with Crippen molar-refractivity contribution in [3.8, 4) is 0 Å². The Balaban J connectivity index is 1.97. The van der Waals surface area contributed by atoms with Crippen molar-refractivity contribution in [2.75, 3.05) is 19.8 Å². The van der Waals surface area contributed by atoms with E-state index in [4.69, 9.17) is 4.74 Å². The van der Waals surface area contributed by atoms with Gasteiger partial charge in [-0.3, -0.25) is 0 Å². The van der Waals surface area contributed by atoms with Gasteiger partial charge in [0.15, 0.2) is 0 Å². The molecule has 6 atom stereocenters. The Morgan fingerprint density at radius 2 is 2.04 bits per heavy atom. The molecular formula is C20H30O6. The van der Waals surface area contributed by atoms with E-state index < -0.39 is 17.6 Å². The lowest BCUT2D eigenvalue weighted by molar-refractivity contribution is -0.209. The van der Waals surface area contributed by atoms with Gasteiger partial charge in [-0.2, -0.15) is 0 Å². The molecule has 0 bridgehead atoms. The lowest BCUT2D eigenvalue weighted by Gasteiger charge is -2.62. The molecule has 6 heteroatoms. The third kappa shape index (κ3) is 2.74. The zero-order valence-corrected chi connectivity index (χ0v) is 15.5. The van der Waals surface area contributed by atoms with Gasteiger partial charge in [0.2, 0.25) is 0 Å². The average Bonchev–Trinajstić information content (AvgIpc) is 3.07. The maximum Gasteiger partial charge on any atom is 0.331 e. The first kappa shape index (κ1) is 19.5. The van der Waals surface area contributed by atoms with E-state index in [9.17, 15) is 25.2 Å². The summed E-state index contributed by atoms with van der Waals surface area (Å²) in [6.45, 7) is 3.80. The number of cyclic esters (lactones) is 1. The van der Waals surface area contributed by atoms with E-state index in [2.05, 4.69) is 6.92 Å². The molecule has 0 aromatic heterocycles. The maximum absolute atomic E-state index is 11.3. The summed E-state index contributed by atoms with van der Waals surface area (Å²) in [7, 11) is 0. The van der Waals surface area contributed by atoms with Crippen molar-refractivity contribution in [3.05, 3.63) is 23.3 Å². The van der Waals surface area contributed by atoms with Crippen LogP contribution in [0.15, 0.2) is 23.3 Å². The van der Waals surface area contributed by atoms with Crippen LogP contribution in [0.4, 0.5) is 0 Å². The number of hydrogen-bond donors (Lipinski definition) is 4. The highest BCUT2D eigenvalue weighted by molar-refractivity contribution is 5.85. The van der Waals surface area contributed by atoms with E-state index in [0.717, 1.165) is 18.4 Å². The quantitative estimate of drug-likeness (QED) is 0.426. The molecule has 1 heterocycles. The van der Waals surface area contributed by atoms with Crippen LogP contribution in [0.3, 0.4) is 0 Å². The van der Waals surface area contributed by atoms with Crippen molar-refractivity contribution < 1.29 is 30.0 Å². The van der Waals surface area contributed by atoms with Crippen LogP contribution in [0.25, 0.3) is 0 Å². The van der Waals surface area contributed by atoms with E-state index >= 15 is 0 Å². The van der Waals surface area contributed by atoms with Gasteiger partial charge in [-0.15, -0.1) is 0 Å². The summed E-state index contributed by atoms with van der Waals surface area (Å²) in [5.41, 5.74) is 0.180. The zero-order valence-electron chi connectivity index (χ0n) is 15.5. The molecule has 0 radical (unpaired) electrons. The minimum Gasteiger partial charge on any atom is -0.458 e.